The van der Waals surface area contributed by atoms with Gasteiger partial charge in [0.15, 0.2) is 0 Å². The molecule has 726 valence electrons. The second-order valence-corrected chi connectivity index (χ2v) is 30.1. The van der Waals surface area contributed by atoms with Gasteiger partial charge in [-0.25, -0.2) is 99.2 Å². The van der Waals surface area contributed by atoms with Gasteiger partial charge in [-0.2, -0.15) is 0 Å². The molecular weight excluding hydrogens is 1770 g/mol. The molecule has 6 aliphatic heterocycles. The topological polar surface area (TPSA) is 417 Å². The summed E-state index contributed by atoms with van der Waals surface area (Å²) in [6.45, 7) is -4.42. The maximum atomic E-state index is 12.7. The van der Waals surface area contributed by atoms with Crippen molar-refractivity contribution >= 4 is 137 Å². The van der Waals surface area contributed by atoms with Gasteiger partial charge in [0.25, 0.3) is 39.3 Å². The fourth-order valence-electron chi connectivity index (χ4n) is 14.0. The van der Waals surface area contributed by atoms with Gasteiger partial charge in [-0.05, 0) is 117 Å². The molecule has 18 rings (SSSR count). The van der Waals surface area contributed by atoms with Gasteiger partial charge in [0.05, 0.1) is 86.3 Å². The third-order valence-corrected chi connectivity index (χ3v) is 21.1. The maximum Gasteiger partial charge on any atom is 0.302 e. The van der Waals surface area contributed by atoms with Crippen molar-refractivity contribution in [3.63, 3.8) is 0 Å². The zero-order chi connectivity index (χ0) is 147. The van der Waals surface area contributed by atoms with Gasteiger partial charge in [-0.3, -0.25) is 28.8 Å². The molecule has 12 aromatic rings. The number of carbonyl (C=O) groups is 6. The van der Waals surface area contributed by atoms with E-state index in [4.69, 9.17) is 112 Å². The van der Waals surface area contributed by atoms with Crippen molar-refractivity contribution in [3.05, 3.63) is 179 Å². The molecule has 6 saturated heterocycles. The Morgan fingerprint density at radius 3 is 1.06 bits per heavy atom. The maximum absolute atomic E-state index is 12.7. The minimum absolute atomic E-state index is 0.0134. The lowest BCUT2D eigenvalue weighted by Gasteiger charge is -2.41. The molecule has 0 radical (unpaired) electrons. The van der Waals surface area contributed by atoms with E-state index in [1.165, 1.54) is 90.8 Å². The first-order valence-electron chi connectivity index (χ1n) is 68.2. The van der Waals surface area contributed by atoms with Gasteiger partial charge in [-0.15, -0.1) is 0 Å². The highest BCUT2D eigenvalue weighted by atomic mass is 16.2. The number of aromatic amines is 6. The number of likely N-dealkylation sites (N-methyl/N-ethyl adjacent to an activating group) is 6. The number of aryl methyl sites for hydroxylation is 1. The van der Waals surface area contributed by atoms with Crippen LogP contribution < -0.4 is 29.4 Å². The second-order valence-electron chi connectivity index (χ2n) is 30.1. The Morgan fingerprint density at radius 1 is 0.374 bits per heavy atom. The lowest BCUT2D eigenvalue weighted by Crippen LogP contribution is -2.53. The molecule has 6 fully saturated rings. The molecule has 0 bridgehead atoms. The first kappa shape index (κ1) is 51.5. The third-order valence-electron chi connectivity index (χ3n) is 21.1. The predicted molar refractivity (Wildman–Crippen MR) is 532 cm³/mol. The van der Waals surface area contributed by atoms with E-state index in [0.29, 0.717) is 26.7 Å². The second kappa shape index (κ2) is 46.7. The number of nitrogens with one attached hydrogen (secondary N) is 6. The highest BCUT2D eigenvalue weighted by Gasteiger charge is 2.41. The Balaban J connectivity index is 0.000000187. The van der Waals surface area contributed by atoms with Crippen LogP contribution in [-0.4, -0.2) is 350 Å². The molecule has 0 aliphatic carbocycles. The summed E-state index contributed by atoms with van der Waals surface area (Å²) in [6, 6.07) is -5.45. The molecule has 12 aromatic heterocycles. The fourth-order valence-corrected chi connectivity index (χ4v) is 14.0. The van der Waals surface area contributed by atoms with Crippen LogP contribution in [-0.2, 0) is 28.8 Å². The standard InChI is InChI=1S/C17H22N6O.5C16H20N6O/c1-11-5-6-23(15(24)8-18-3)9-14(11)22(4)17-13-7-12(2)21-16(13)19-10-20-17;5*1-11-5-7-22(14(23)8-17-2)9-13(11)21(3)16-12-4-6-18-15(12)19-10-20-16/h7,10-11,14H,5-6,8-9H2,1-2,4H3,(H,19,20,21);5*4,6,10-11,13H,5,7-9H2,1,3H3,(H,18,19,20)/t11-,14+;5*11-,13+/m111111/s1/i1D3,4D3,7D,10D,11D,14D;1D3,5D2,7D2,9D2,10D,11D;5D2,7D2,9D2,10D,13D;5D2,7D2,9D2,10D,11D;1D3,5D2,7D2,9D2,10D;5D2,7D2,9D2,10D. The molecule has 18 heterocycles. The quantitative estimate of drug-likeness (QED) is 0.0435. The summed E-state index contributed by atoms with van der Waals surface area (Å²) < 4.78 is 449. The minimum atomic E-state index is -3.67. The van der Waals surface area contributed by atoms with Crippen molar-refractivity contribution in [1.29, 1.82) is 0 Å². The van der Waals surface area contributed by atoms with Crippen molar-refractivity contribution in [2.24, 2.45) is 35.4 Å². The minimum Gasteiger partial charge on any atom is -0.354 e. The van der Waals surface area contributed by atoms with Crippen LogP contribution in [0.2, 0.25) is 0 Å². The Hall–Kier alpha value is -15.7. The summed E-state index contributed by atoms with van der Waals surface area (Å²) in [7, 11) is 6.38. The lowest BCUT2D eigenvalue weighted by atomic mass is 9.92. The van der Waals surface area contributed by atoms with Gasteiger partial charge >= 0.3 is 35.4 Å². The molecule has 139 heavy (non-hydrogen) atoms. The van der Waals surface area contributed by atoms with Crippen molar-refractivity contribution < 1.29 is 103 Å². The van der Waals surface area contributed by atoms with E-state index in [1.54, 1.807) is 24.4 Å². The number of fused-ring (bicyclic) bond motifs is 6. The van der Waals surface area contributed by atoms with Gasteiger partial charge in [0.1, 0.15) is 115 Å². The van der Waals surface area contributed by atoms with Crippen LogP contribution in [0.4, 0.5) is 34.9 Å². The highest BCUT2D eigenvalue weighted by Crippen LogP contribution is 2.37. The molecule has 0 aromatic carbocycles. The fraction of sp³-hybridized carbons (Fsp3) is 0.505. The van der Waals surface area contributed by atoms with E-state index in [2.05, 4.69) is 119 Å². The van der Waals surface area contributed by atoms with Crippen LogP contribution in [0.3, 0.4) is 0 Å². The van der Waals surface area contributed by atoms with Gasteiger partial charge < -0.3 is 118 Å². The molecular formula is C97H122N36O6. The van der Waals surface area contributed by atoms with Crippen molar-refractivity contribution in [3.8, 4) is 0 Å². The summed E-state index contributed by atoms with van der Waals surface area (Å²) in [5.74, 6) is -21.7. The number of amides is 6. The Labute approximate surface area is 884 Å². The summed E-state index contributed by atoms with van der Waals surface area (Å²) in [5, 5.41) is 1.48. The SMILES string of the molecule is [2H]c1nc(N(C([2H])([2H])[2H])[C@@]2([2H])CN(C(=O)C[N+]#[C-])CC[C@@]2([2H])C([2H])([2H])[2H])c2c([2H])c(C)[nH]c2n1.[2H]c1nc(N(C)[C@@H]2[C@H](C([2H])([2H])[2H])C([2H])([2H])C([2H])([2H])N(C(=O)C[N+]#[C-])C2([2H])[2H])c2cc[nH]c2n1.[2H]c1nc(N(C)[C@@H]2[C@H](C)C([2H])([2H])C([2H])([2H])N(C(=O)C[N+]#[C-])C2([2H])[2H])c2cc[nH]c2n1.[2H]c1nc(N(C)[C@H]2C([2H])([2H])N(C(=O)C[N+]#[C-])C([2H])([2H])C([2H])([2H])[C@@]2([2H])C([2H])([2H])[2H])c2cc[nH]c2n1.[2H]c1nc(N(C)[C@H]2C([2H])([2H])N(C(=O)C[N+]#[C-])C([2H])([2H])C([2H])([2H])[C@@]2([2H])C)c2cc[nH]c2n1.[2H]c1nc(N(C)[C@]2([2H])[C@H](C)C([2H])([2H])C([2H])([2H])N(C(=O)C[N+]#[C-])C2([2H])[2H])c2cc[nH]c2n1. The summed E-state index contributed by atoms with van der Waals surface area (Å²) in [6.07, 6.45) is -11.4. The lowest BCUT2D eigenvalue weighted by molar-refractivity contribution is -0.131. The summed E-state index contributed by atoms with van der Waals surface area (Å²) in [5.41, 5.74) is 1.38. The van der Waals surface area contributed by atoms with Crippen molar-refractivity contribution in [1.82, 2.24) is 119 Å². The molecule has 42 nitrogen and oxygen atoms in total. The van der Waals surface area contributed by atoms with Gasteiger partial charge in [-0.1, -0.05) is 41.3 Å². The number of H-pyrrole nitrogens is 6. The molecule has 12 atom stereocenters. The van der Waals surface area contributed by atoms with E-state index in [9.17, 15) is 30.1 Å². The smallest absolute Gasteiger partial charge is 0.302 e. The zero-order valence-corrected chi connectivity index (χ0v) is 75.0. The van der Waals surface area contributed by atoms with Gasteiger partial charge in [0.2, 0.25) is 0 Å². The first-order valence-corrected chi connectivity index (χ1v) is 41.2. The molecule has 6 N–H and O–H groups in total. The van der Waals surface area contributed by atoms with Crippen LogP contribution in [0.15, 0.2) is 105 Å². The van der Waals surface area contributed by atoms with E-state index in [1.807, 2.05) is 0 Å². The van der Waals surface area contributed by atoms with E-state index in [-0.39, 0.29) is 123 Å². The van der Waals surface area contributed by atoms with Crippen LogP contribution in [0.1, 0.15) is 159 Å². The van der Waals surface area contributed by atoms with Crippen LogP contribution in [0.5, 0.6) is 0 Å². The van der Waals surface area contributed by atoms with E-state index in [0.717, 1.165) is 38.5 Å². The summed E-state index contributed by atoms with van der Waals surface area (Å²) in [4.78, 5) is 164. The average molecular weight is 1940 g/mol. The molecule has 0 spiro atoms. The molecule has 6 aliphatic rings. The number of carbonyl (C=O) groups excluding carboxylic acids is 6. The van der Waals surface area contributed by atoms with Crippen molar-refractivity contribution in [2.75, 3.05) is 189 Å². The number of hydrogen-bond donors (Lipinski definition) is 6. The number of nitrogens with zero attached hydrogens (tertiary/aromatic N) is 30. The Kier molecular flexibility index (Phi) is 17.3. The molecule has 0 unspecified atom stereocenters. The molecule has 0 saturated carbocycles. The number of anilines is 6. The number of piperidine rings is 6. The normalized spacial score (nSPS) is 35.3. The first-order chi connectivity index (χ1) is 87.9. The Morgan fingerprint density at radius 2 is 0.683 bits per heavy atom. The molecule has 6 amide bonds. The predicted octanol–water partition coefficient (Wildman–Crippen LogP) is 9.61. The number of aromatic nitrogens is 18. The van der Waals surface area contributed by atoms with Crippen LogP contribution in [0.25, 0.3) is 95.3 Å². The number of hydrogen-bond acceptors (Lipinski definition) is 24. The zero-order valence-electron chi connectivity index (χ0n) is 129. The van der Waals surface area contributed by atoms with Crippen LogP contribution >= 0.6 is 0 Å². The monoisotopic (exact) mass is 1940 g/mol. The largest absolute Gasteiger partial charge is 0.354 e. The highest BCUT2D eigenvalue weighted by molar-refractivity contribution is 5.93. The number of rotatable bonds is 18. The van der Waals surface area contributed by atoms with E-state index < -0.39 is 321 Å². The van der Waals surface area contributed by atoms with E-state index >= 15 is 0 Å². The Bertz CT molecular complexity index is 9360. The van der Waals surface area contributed by atoms with Crippen LogP contribution in [0, 0.1) is 81.8 Å². The third kappa shape index (κ3) is 23.5. The average Bonchev–Trinajstić information content (AvgIpc) is 1.60. The molecule has 42 heteroatoms. The van der Waals surface area contributed by atoms with Crippen molar-refractivity contribution in [2.45, 2.75) is 123 Å². The van der Waals surface area contributed by atoms with Gasteiger partial charge in [0, 0.05) is 205 Å². The summed E-state index contributed by atoms with van der Waals surface area (Å²) >= 11 is 0. The number of likely N-dealkylation sites (tertiary alicyclic amines) is 6.